The second-order valence-corrected chi connectivity index (χ2v) is 5.45. The quantitative estimate of drug-likeness (QED) is 0.907. The van der Waals surface area contributed by atoms with E-state index in [0.29, 0.717) is 0 Å². The molecule has 0 aliphatic carbocycles. The van der Waals surface area contributed by atoms with Crippen molar-refractivity contribution in [3.05, 3.63) is 54.2 Å². The molecule has 2 aromatic rings. The van der Waals surface area contributed by atoms with Gasteiger partial charge in [-0.3, -0.25) is 4.90 Å². The molecular weight excluding hydrogens is 238 g/mol. The summed E-state index contributed by atoms with van der Waals surface area (Å²) >= 11 is 0. The highest BCUT2D eigenvalue weighted by molar-refractivity contribution is 5.15. The molecule has 100 valence electrons. The van der Waals surface area contributed by atoms with E-state index in [2.05, 4.69) is 34.1 Å². The number of likely N-dealkylation sites (tertiary alicyclic amines) is 1. The van der Waals surface area contributed by atoms with E-state index in [1.54, 1.807) is 6.20 Å². The molecule has 1 aromatic carbocycles. The summed E-state index contributed by atoms with van der Waals surface area (Å²) in [5.74, 6) is 0.879. The summed E-state index contributed by atoms with van der Waals surface area (Å²) in [6.07, 6.45) is 4.99. The molecule has 1 unspecified atom stereocenters. The van der Waals surface area contributed by atoms with Gasteiger partial charge in [0.15, 0.2) is 6.39 Å². The average Bonchev–Trinajstić information content (AvgIpc) is 3.02. The molecule has 2 heterocycles. The van der Waals surface area contributed by atoms with Crippen LogP contribution in [0.5, 0.6) is 0 Å². The van der Waals surface area contributed by atoms with Crippen molar-refractivity contribution in [2.24, 2.45) is 5.73 Å². The Balaban J connectivity index is 1.60. The van der Waals surface area contributed by atoms with Gasteiger partial charge in [-0.15, -0.1) is 0 Å². The van der Waals surface area contributed by atoms with Crippen LogP contribution in [0.25, 0.3) is 0 Å². The van der Waals surface area contributed by atoms with Gasteiger partial charge in [-0.05, 0) is 12.0 Å². The van der Waals surface area contributed by atoms with E-state index in [1.165, 1.54) is 12.0 Å². The molecule has 0 radical (unpaired) electrons. The average molecular weight is 257 g/mol. The summed E-state index contributed by atoms with van der Waals surface area (Å²) in [5.41, 5.74) is 7.62. The minimum absolute atomic E-state index is 0.186. The molecule has 1 saturated heterocycles. The van der Waals surface area contributed by atoms with Gasteiger partial charge in [0.25, 0.3) is 0 Å². The zero-order valence-electron chi connectivity index (χ0n) is 11.0. The first kappa shape index (κ1) is 12.4. The Kier molecular flexibility index (Phi) is 3.36. The van der Waals surface area contributed by atoms with Crippen LogP contribution in [0.3, 0.4) is 0 Å². The zero-order valence-corrected chi connectivity index (χ0v) is 11.0. The number of hydrogen-bond donors (Lipinski definition) is 1. The molecule has 0 spiro atoms. The second kappa shape index (κ2) is 5.15. The number of nitrogens with zero attached hydrogens (tertiary/aromatic N) is 2. The Morgan fingerprint density at radius 1 is 1.32 bits per heavy atom. The van der Waals surface area contributed by atoms with Crippen LogP contribution in [-0.2, 0) is 13.0 Å². The van der Waals surface area contributed by atoms with Crippen LogP contribution in [0, 0.1) is 0 Å². The van der Waals surface area contributed by atoms with Gasteiger partial charge in [-0.1, -0.05) is 30.3 Å². The maximum absolute atomic E-state index is 6.46. The molecule has 0 bridgehead atoms. The molecule has 1 atom stereocenters. The fourth-order valence-electron chi connectivity index (χ4n) is 2.78. The second-order valence-electron chi connectivity index (χ2n) is 5.45. The Hall–Kier alpha value is -1.65. The monoisotopic (exact) mass is 257 g/mol. The van der Waals surface area contributed by atoms with Crippen LogP contribution in [0.2, 0.25) is 0 Å². The predicted molar refractivity (Wildman–Crippen MR) is 73.5 cm³/mol. The van der Waals surface area contributed by atoms with Crippen molar-refractivity contribution < 1.29 is 4.42 Å². The molecule has 1 aliphatic heterocycles. The molecule has 1 aliphatic rings. The number of nitrogens with two attached hydrogens (primary N) is 1. The summed E-state index contributed by atoms with van der Waals surface area (Å²) in [4.78, 5) is 6.35. The number of benzene rings is 1. The highest BCUT2D eigenvalue weighted by Gasteiger charge is 2.35. The van der Waals surface area contributed by atoms with Gasteiger partial charge in [-0.25, -0.2) is 4.98 Å². The summed E-state index contributed by atoms with van der Waals surface area (Å²) < 4.78 is 5.30. The predicted octanol–water partition coefficient (Wildman–Crippen LogP) is 1.82. The summed E-state index contributed by atoms with van der Waals surface area (Å²) in [6.45, 7) is 2.92. The summed E-state index contributed by atoms with van der Waals surface area (Å²) in [5, 5.41) is 0. The molecule has 0 saturated carbocycles. The number of rotatable bonds is 4. The van der Waals surface area contributed by atoms with Gasteiger partial charge in [0.1, 0.15) is 5.76 Å². The third-order valence-corrected chi connectivity index (χ3v) is 3.72. The topological polar surface area (TPSA) is 55.3 Å². The standard InChI is InChI=1S/C15H19N3O/c16-15(8-14-9-17-12-19-14)6-7-18(11-15)10-13-4-2-1-3-5-13/h1-5,9,12H,6-8,10-11,16H2. The molecule has 4 nitrogen and oxygen atoms in total. The van der Waals surface area contributed by atoms with Gasteiger partial charge in [0.2, 0.25) is 0 Å². The molecular formula is C15H19N3O. The normalized spacial score (nSPS) is 23.8. The van der Waals surface area contributed by atoms with E-state index in [4.69, 9.17) is 10.2 Å². The fraction of sp³-hybridized carbons (Fsp3) is 0.400. The van der Waals surface area contributed by atoms with Crippen molar-refractivity contribution in [2.75, 3.05) is 13.1 Å². The lowest BCUT2D eigenvalue weighted by atomic mass is 9.94. The van der Waals surface area contributed by atoms with Crippen LogP contribution in [0.4, 0.5) is 0 Å². The van der Waals surface area contributed by atoms with Crippen LogP contribution < -0.4 is 5.73 Å². The Labute approximate surface area is 113 Å². The number of aromatic nitrogens is 1. The third kappa shape index (κ3) is 3.03. The molecule has 4 heteroatoms. The first-order valence-electron chi connectivity index (χ1n) is 6.66. The maximum atomic E-state index is 6.46. The van der Waals surface area contributed by atoms with Crippen molar-refractivity contribution in [3.8, 4) is 0 Å². The highest BCUT2D eigenvalue weighted by atomic mass is 16.3. The Morgan fingerprint density at radius 2 is 2.16 bits per heavy atom. The van der Waals surface area contributed by atoms with Crippen LogP contribution in [-0.4, -0.2) is 28.5 Å². The molecule has 19 heavy (non-hydrogen) atoms. The number of oxazole rings is 1. The Morgan fingerprint density at radius 3 is 2.89 bits per heavy atom. The molecule has 1 fully saturated rings. The summed E-state index contributed by atoms with van der Waals surface area (Å²) in [6, 6.07) is 10.5. The maximum Gasteiger partial charge on any atom is 0.180 e. The van der Waals surface area contributed by atoms with Crippen molar-refractivity contribution in [3.63, 3.8) is 0 Å². The smallest absolute Gasteiger partial charge is 0.180 e. The fourth-order valence-corrected chi connectivity index (χ4v) is 2.78. The molecule has 3 rings (SSSR count). The van der Waals surface area contributed by atoms with E-state index >= 15 is 0 Å². The summed E-state index contributed by atoms with van der Waals surface area (Å²) in [7, 11) is 0. The van der Waals surface area contributed by atoms with Crippen molar-refractivity contribution in [1.29, 1.82) is 0 Å². The van der Waals surface area contributed by atoms with Crippen molar-refractivity contribution in [1.82, 2.24) is 9.88 Å². The van der Waals surface area contributed by atoms with E-state index < -0.39 is 0 Å². The lowest BCUT2D eigenvalue weighted by Crippen LogP contribution is -2.44. The first-order chi connectivity index (χ1) is 9.23. The van der Waals surface area contributed by atoms with E-state index in [9.17, 15) is 0 Å². The largest absolute Gasteiger partial charge is 0.448 e. The lowest BCUT2D eigenvalue weighted by Gasteiger charge is -2.23. The molecule has 2 N–H and O–H groups in total. The molecule has 0 amide bonds. The van der Waals surface area contributed by atoms with Gasteiger partial charge in [0, 0.05) is 31.6 Å². The zero-order chi connectivity index (χ0) is 13.1. The first-order valence-corrected chi connectivity index (χ1v) is 6.66. The minimum Gasteiger partial charge on any atom is -0.448 e. The SMILES string of the molecule is NC1(Cc2cnco2)CCN(Cc2ccccc2)C1. The van der Waals surface area contributed by atoms with Crippen LogP contribution >= 0.6 is 0 Å². The van der Waals surface area contributed by atoms with Crippen LogP contribution in [0.15, 0.2) is 47.3 Å². The van der Waals surface area contributed by atoms with Gasteiger partial charge in [0.05, 0.1) is 6.20 Å². The third-order valence-electron chi connectivity index (χ3n) is 3.72. The van der Waals surface area contributed by atoms with Crippen molar-refractivity contribution in [2.45, 2.75) is 24.9 Å². The van der Waals surface area contributed by atoms with E-state index in [1.807, 2.05) is 6.07 Å². The van der Waals surface area contributed by atoms with E-state index in [-0.39, 0.29) is 5.54 Å². The Bertz CT molecular complexity index is 511. The van der Waals surface area contributed by atoms with Gasteiger partial charge in [-0.2, -0.15) is 0 Å². The highest BCUT2D eigenvalue weighted by Crippen LogP contribution is 2.24. The lowest BCUT2D eigenvalue weighted by molar-refractivity contribution is 0.296. The van der Waals surface area contributed by atoms with Gasteiger partial charge >= 0.3 is 0 Å². The molecule has 1 aromatic heterocycles. The van der Waals surface area contributed by atoms with E-state index in [0.717, 1.165) is 38.2 Å². The number of hydrogen-bond acceptors (Lipinski definition) is 4. The van der Waals surface area contributed by atoms with Crippen LogP contribution in [0.1, 0.15) is 17.7 Å². The van der Waals surface area contributed by atoms with Crippen molar-refractivity contribution >= 4 is 0 Å². The van der Waals surface area contributed by atoms with Gasteiger partial charge < -0.3 is 10.2 Å². The minimum atomic E-state index is -0.186.